The van der Waals surface area contributed by atoms with Crippen LogP contribution in [0.25, 0.3) is 0 Å². The second kappa shape index (κ2) is 10.2. The number of carbonyl (C=O) groups is 1. The van der Waals surface area contributed by atoms with Gasteiger partial charge in [0.1, 0.15) is 12.4 Å². The zero-order valence-electron chi connectivity index (χ0n) is 16.6. The Hall–Kier alpha value is -3.91. The average molecular weight is 436 g/mol. The lowest BCUT2D eigenvalue weighted by Gasteiger charge is -2.08. The Balaban J connectivity index is 1.59. The third-order valence-corrected chi connectivity index (χ3v) is 5.46. The number of amides is 1. The first-order valence-electron chi connectivity index (χ1n) is 9.33. The summed E-state index contributed by atoms with van der Waals surface area (Å²) in [6.45, 7) is 4.00. The van der Waals surface area contributed by atoms with Crippen LogP contribution in [0.4, 0.5) is 5.69 Å². The number of sulfonamides is 1. The molecule has 0 aromatic heterocycles. The number of rotatable bonds is 9. The molecule has 3 aromatic carbocycles. The first kappa shape index (κ1) is 21.8. The van der Waals surface area contributed by atoms with Crippen LogP contribution in [0, 0.1) is 0 Å². The third-order valence-electron chi connectivity index (χ3n) is 4.06. The highest BCUT2D eigenvalue weighted by atomic mass is 32.2. The maximum Gasteiger partial charge on any atom is 0.271 e. The van der Waals surface area contributed by atoms with E-state index in [-0.39, 0.29) is 4.90 Å². The summed E-state index contributed by atoms with van der Waals surface area (Å²) < 4.78 is 32.6. The molecule has 0 aliphatic carbocycles. The fraction of sp³-hybridized carbons (Fsp3) is 0.0435. The topological polar surface area (TPSA) is 96.9 Å². The second-order valence-corrected chi connectivity index (χ2v) is 8.05. The van der Waals surface area contributed by atoms with Gasteiger partial charge in [0.25, 0.3) is 15.9 Å². The molecule has 0 radical (unpaired) electrons. The van der Waals surface area contributed by atoms with Crippen molar-refractivity contribution in [2.75, 3.05) is 11.3 Å². The molecule has 0 atom stereocenters. The molecular formula is C23H21N3O4S. The van der Waals surface area contributed by atoms with Crippen LogP contribution in [-0.4, -0.2) is 27.1 Å². The van der Waals surface area contributed by atoms with E-state index in [0.717, 1.165) is 5.56 Å². The van der Waals surface area contributed by atoms with Gasteiger partial charge in [-0.3, -0.25) is 9.52 Å². The molecule has 0 fully saturated rings. The number of hydrogen-bond acceptors (Lipinski definition) is 5. The molecule has 31 heavy (non-hydrogen) atoms. The zero-order valence-corrected chi connectivity index (χ0v) is 17.4. The molecular weight excluding hydrogens is 414 g/mol. The fourth-order valence-electron chi connectivity index (χ4n) is 2.57. The molecule has 0 heterocycles. The molecule has 0 aliphatic heterocycles. The van der Waals surface area contributed by atoms with Gasteiger partial charge in [-0.1, -0.05) is 43.0 Å². The molecule has 158 valence electrons. The van der Waals surface area contributed by atoms with Crippen LogP contribution in [0.15, 0.2) is 102 Å². The Morgan fingerprint density at radius 3 is 2.45 bits per heavy atom. The highest BCUT2D eigenvalue weighted by molar-refractivity contribution is 7.92. The van der Waals surface area contributed by atoms with Gasteiger partial charge in [0.2, 0.25) is 0 Å². The molecule has 0 aliphatic rings. The third kappa shape index (κ3) is 6.28. The Kier molecular flexibility index (Phi) is 7.18. The van der Waals surface area contributed by atoms with Crippen LogP contribution < -0.4 is 14.9 Å². The molecule has 8 heteroatoms. The summed E-state index contributed by atoms with van der Waals surface area (Å²) in [5.74, 6) is 0.247. The number of benzene rings is 3. The van der Waals surface area contributed by atoms with Crippen LogP contribution in [-0.2, 0) is 10.0 Å². The van der Waals surface area contributed by atoms with Crippen molar-refractivity contribution in [1.29, 1.82) is 0 Å². The van der Waals surface area contributed by atoms with Crippen molar-refractivity contribution in [2.45, 2.75) is 4.90 Å². The smallest absolute Gasteiger partial charge is 0.271 e. The van der Waals surface area contributed by atoms with E-state index in [4.69, 9.17) is 4.74 Å². The van der Waals surface area contributed by atoms with Crippen molar-refractivity contribution in [3.05, 3.63) is 103 Å². The second-order valence-electron chi connectivity index (χ2n) is 6.37. The molecule has 0 unspecified atom stereocenters. The Labute approximate surface area is 181 Å². The Bertz CT molecular complexity index is 1170. The van der Waals surface area contributed by atoms with E-state index in [0.29, 0.717) is 23.6 Å². The van der Waals surface area contributed by atoms with E-state index in [2.05, 4.69) is 21.8 Å². The minimum atomic E-state index is -3.69. The number of carbonyl (C=O) groups excluding carboxylic acids is 1. The van der Waals surface area contributed by atoms with Gasteiger partial charge in [0, 0.05) is 11.3 Å². The summed E-state index contributed by atoms with van der Waals surface area (Å²) in [6.07, 6.45) is 3.15. The lowest BCUT2D eigenvalue weighted by molar-refractivity contribution is 0.0955. The van der Waals surface area contributed by atoms with Crippen molar-refractivity contribution in [3.63, 3.8) is 0 Å². The average Bonchev–Trinajstić information content (AvgIpc) is 2.79. The minimum absolute atomic E-state index is 0.158. The minimum Gasteiger partial charge on any atom is -0.490 e. The number of ether oxygens (including phenoxy) is 1. The Morgan fingerprint density at radius 1 is 1.00 bits per heavy atom. The van der Waals surface area contributed by atoms with E-state index in [1.807, 2.05) is 18.2 Å². The van der Waals surface area contributed by atoms with E-state index >= 15 is 0 Å². The van der Waals surface area contributed by atoms with E-state index in [1.54, 1.807) is 30.3 Å². The van der Waals surface area contributed by atoms with Gasteiger partial charge in [-0.15, -0.1) is 0 Å². The predicted octanol–water partition coefficient (Wildman–Crippen LogP) is 3.82. The largest absolute Gasteiger partial charge is 0.490 e. The van der Waals surface area contributed by atoms with Gasteiger partial charge >= 0.3 is 0 Å². The van der Waals surface area contributed by atoms with E-state index < -0.39 is 15.9 Å². The number of nitrogens with one attached hydrogen (secondary N) is 2. The summed E-state index contributed by atoms with van der Waals surface area (Å²) in [5, 5.41) is 3.95. The normalized spacial score (nSPS) is 11.1. The lowest BCUT2D eigenvalue weighted by Crippen LogP contribution is -2.18. The Morgan fingerprint density at radius 2 is 1.74 bits per heavy atom. The lowest BCUT2D eigenvalue weighted by atomic mass is 10.2. The molecule has 3 aromatic rings. The zero-order chi connectivity index (χ0) is 22.1. The predicted molar refractivity (Wildman–Crippen MR) is 121 cm³/mol. The summed E-state index contributed by atoms with van der Waals surface area (Å²) in [6, 6.07) is 21.3. The molecule has 0 spiro atoms. The maximum atomic E-state index is 12.4. The van der Waals surface area contributed by atoms with Crippen molar-refractivity contribution in [3.8, 4) is 5.75 Å². The van der Waals surface area contributed by atoms with Crippen molar-refractivity contribution >= 4 is 27.8 Å². The van der Waals surface area contributed by atoms with Gasteiger partial charge in [-0.2, -0.15) is 5.10 Å². The first-order valence-corrected chi connectivity index (χ1v) is 10.8. The standard InChI is InChI=1S/C23H21N3O4S/c1-2-15-30-21-8-6-7-18(16-21)17-24-25-23(27)19-11-13-20(14-12-19)26-31(28,29)22-9-4-3-5-10-22/h2-14,16-17,26H,1,15H2,(H,25,27)/b24-17+. The van der Waals surface area contributed by atoms with Crippen LogP contribution in [0.1, 0.15) is 15.9 Å². The van der Waals surface area contributed by atoms with Crippen LogP contribution >= 0.6 is 0 Å². The van der Waals surface area contributed by atoms with Gasteiger partial charge in [-0.05, 0) is 54.1 Å². The summed E-state index contributed by atoms with van der Waals surface area (Å²) in [5.41, 5.74) is 3.88. The molecule has 0 saturated carbocycles. The van der Waals surface area contributed by atoms with Crippen LogP contribution in [0.3, 0.4) is 0 Å². The number of hydrogen-bond donors (Lipinski definition) is 2. The molecule has 0 bridgehead atoms. The number of nitrogens with zero attached hydrogens (tertiary/aromatic N) is 1. The maximum absolute atomic E-state index is 12.4. The number of hydrazone groups is 1. The first-order chi connectivity index (χ1) is 15.0. The quantitative estimate of drug-likeness (QED) is 0.303. The van der Waals surface area contributed by atoms with Gasteiger partial charge < -0.3 is 4.74 Å². The number of anilines is 1. The SMILES string of the molecule is C=CCOc1cccc(/C=N/NC(=O)c2ccc(NS(=O)(=O)c3ccccc3)cc2)c1. The van der Waals surface area contributed by atoms with Gasteiger partial charge in [0.15, 0.2) is 0 Å². The van der Waals surface area contributed by atoms with Crippen LogP contribution in [0.5, 0.6) is 5.75 Å². The van der Waals surface area contributed by atoms with E-state index in [1.165, 1.54) is 42.6 Å². The molecule has 0 saturated heterocycles. The van der Waals surface area contributed by atoms with Crippen LogP contribution in [0.2, 0.25) is 0 Å². The molecule has 2 N–H and O–H groups in total. The summed E-state index contributed by atoms with van der Waals surface area (Å²) in [7, 11) is -3.69. The molecule has 3 rings (SSSR count). The molecule has 1 amide bonds. The van der Waals surface area contributed by atoms with Crippen molar-refractivity contribution in [2.24, 2.45) is 5.10 Å². The summed E-state index contributed by atoms with van der Waals surface area (Å²) >= 11 is 0. The van der Waals surface area contributed by atoms with Gasteiger partial charge in [-0.25, -0.2) is 13.8 Å². The van der Waals surface area contributed by atoms with Gasteiger partial charge in [0.05, 0.1) is 11.1 Å². The highest BCUT2D eigenvalue weighted by Crippen LogP contribution is 2.16. The summed E-state index contributed by atoms with van der Waals surface area (Å²) in [4.78, 5) is 12.4. The fourth-order valence-corrected chi connectivity index (χ4v) is 3.65. The van der Waals surface area contributed by atoms with Crippen molar-refractivity contribution in [1.82, 2.24) is 5.43 Å². The monoisotopic (exact) mass is 435 g/mol. The molecule has 7 nitrogen and oxygen atoms in total. The van der Waals surface area contributed by atoms with Crippen molar-refractivity contribution < 1.29 is 17.9 Å². The highest BCUT2D eigenvalue weighted by Gasteiger charge is 2.13. The van der Waals surface area contributed by atoms with E-state index in [9.17, 15) is 13.2 Å².